The normalized spacial score (nSPS) is 16.8. The van der Waals surface area contributed by atoms with Crippen molar-refractivity contribution in [3.05, 3.63) is 43.9 Å². The molecule has 2 aliphatic heterocycles. The number of anilines is 2. The summed E-state index contributed by atoms with van der Waals surface area (Å²) in [6.07, 6.45) is 0.854. The van der Waals surface area contributed by atoms with Gasteiger partial charge in [-0.15, -0.1) is 0 Å². The van der Waals surface area contributed by atoms with Gasteiger partial charge in [-0.2, -0.15) is 0 Å². The summed E-state index contributed by atoms with van der Waals surface area (Å²) in [5, 5.41) is 3.37. The van der Waals surface area contributed by atoms with Crippen LogP contribution in [-0.2, 0) is 16.6 Å². The van der Waals surface area contributed by atoms with Crippen LogP contribution in [0.4, 0.5) is 16.3 Å². The fraction of sp³-hybridized carbons (Fsp3) is 0.538. The Kier molecular flexibility index (Phi) is 8.65. The van der Waals surface area contributed by atoms with Crippen LogP contribution < -0.4 is 11.0 Å². The Morgan fingerprint density at radius 1 is 1.03 bits per heavy atom. The van der Waals surface area contributed by atoms with Crippen molar-refractivity contribution in [3.8, 4) is 0 Å². The molecule has 0 bridgehead atoms. The third-order valence-corrected chi connectivity index (χ3v) is 8.12. The topological polar surface area (TPSA) is 120 Å². The van der Waals surface area contributed by atoms with E-state index in [9.17, 15) is 19.2 Å². The zero-order valence-electron chi connectivity index (χ0n) is 22.6. The Morgan fingerprint density at radius 2 is 1.64 bits per heavy atom. The van der Waals surface area contributed by atoms with E-state index < -0.39 is 5.60 Å². The van der Waals surface area contributed by atoms with Crippen LogP contribution in [0.15, 0.2) is 27.6 Å². The molecule has 13 heteroatoms. The number of nitrogens with zero attached hydrogens (tertiary/aromatic N) is 4. The minimum Gasteiger partial charge on any atom is -0.444 e. The Morgan fingerprint density at radius 3 is 2.18 bits per heavy atom. The van der Waals surface area contributed by atoms with Crippen LogP contribution in [0, 0.1) is 5.92 Å². The smallest absolute Gasteiger partial charge is 0.410 e. The van der Waals surface area contributed by atoms with Crippen molar-refractivity contribution in [1.29, 1.82) is 0 Å². The van der Waals surface area contributed by atoms with E-state index in [-0.39, 0.29) is 34.5 Å². The maximum atomic E-state index is 13.2. The SMILES string of the molecule is Cn1c(Br)c(Nc2ccc(C(=O)N3CCN(C(=O)C4CCN(C(=O)OC(C)(C)C)CC4)CC3)c(Cl)c2)[nH]c1=O. The predicted molar refractivity (Wildman–Crippen MR) is 151 cm³/mol. The molecule has 0 radical (unpaired) electrons. The first kappa shape index (κ1) is 29.0. The van der Waals surface area contributed by atoms with Gasteiger partial charge >= 0.3 is 11.8 Å². The number of halogens is 2. The van der Waals surface area contributed by atoms with E-state index in [0.717, 1.165) is 0 Å². The fourth-order valence-electron chi connectivity index (χ4n) is 4.69. The van der Waals surface area contributed by atoms with Gasteiger partial charge in [0.15, 0.2) is 0 Å². The van der Waals surface area contributed by atoms with Crippen LogP contribution in [0.25, 0.3) is 0 Å². The number of amides is 3. The fourth-order valence-corrected chi connectivity index (χ4v) is 5.31. The quantitative estimate of drug-likeness (QED) is 0.534. The Bertz CT molecular complexity index is 1300. The predicted octanol–water partition coefficient (Wildman–Crippen LogP) is 3.80. The summed E-state index contributed by atoms with van der Waals surface area (Å²) in [4.78, 5) is 58.3. The number of likely N-dealkylation sites (tertiary alicyclic amines) is 1. The summed E-state index contributed by atoms with van der Waals surface area (Å²) in [5.41, 5.74) is 0.168. The average Bonchev–Trinajstić information content (AvgIpc) is 3.13. The van der Waals surface area contributed by atoms with Crippen LogP contribution in [-0.4, -0.2) is 87.0 Å². The summed E-state index contributed by atoms with van der Waals surface area (Å²) in [7, 11) is 1.63. The number of carbonyl (C=O) groups excluding carboxylic acids is 3. The molecule has 39 heavy (non-hydrogen) atoms. The molecule has 0 aliphatic carbocycles. The minimum atomic E-state index is -0.550. The number of nitrogens with one attached hydrogen (secondary N) is 2. The van der Waals surface area contributed by atoms with E-state index in [1.54, 1.807) is 35.0 Å². The Labute approximate surface area is 240 Å². The molecule has 2 fully saturated rings. The third kappa shape index (κ3) is 6.78. The van der Waals surface area contributed by atoms with Gasteiger partial charge in [-0.25, -0.2) is 9.59 Å². The number of piperidine rings is 1. The van der Waals surface area contributed by atoms with Crippen LogP contribution in [0.1, 0.15) is 44.0 Å². The number of rotatable bonds is 4. The van der Waals surface area contributed by atoms with Gasteiger partial charge in [-0.3, -0.25) is 19.1 Å². The van der Waals surface area contributed by atoms with Crippen molar-refractivity contribution in [2.75, 3.05) is 44.6 Å². The van der Waals surface area contributed by atoms with Gasteiger partial charge in [0.05, 0.1) is 10.6 Å². The number of aromatic nitrogens is 2. The summed E-state index contributed by atoms with van der Waals surface area (Å²) < 4.78 is 7.41. The number of carbonyl (C=O) groups is 3. The lowest BCUT2D eigenvalue weighted by molar-refractivity contribution is -0.138. The number of aromatic amines is 1. The first-order valence-corrected chi connectivity index (χ1v) is 14.1. The van der Waals surface area contributed by atoms with Gasteiger partial charge in [0.1, 0.15) is 16.0 Å². The van der Waals surface area contributed by atoms with Crippen molar-refractivity contribution in [3.63, 3.8) is 0 Å². The van der Waals surface area contributed by atoms with Gasteiger partial charge in [0.25, 0.3) is 5.91 Å². The highest BCUT2D eigenvalue weighted by Gasteiger charge is 2.34. The zero-order valence-corrected chi connectivity index (χ0v) is 24.9. The highest BCUT2D eigenvalue weighted by molar-refractivity contribution is 9.10. The van der Waals surface area contributed by atoms with E-state index in [0.29, 0.717) is 73.8 Å². The molecule has 1 aromatic heterocycles. The van der Waals surface area contributed by atoms with E-state index in [4.69, 9.17) is 16.3 Å². The highest BCUT2D eigenvalue weighted by atomic mass is 79.9. The molecule has 212 valence electrons. The molecule has 3 heterocycles. The minimum absolute atomic E-state index is 0.0736. The number of imidazole rings is 1. The number of piperazine rings is 1. The second-order valence-corrected chi connectivity index (χ2v) is 12.0. The van der Waals surface area contributed by atoms with Crippen LogP contribution in [0.3, 0.4) is 0 Å². The summed E-state index contributed by atoms with van der Waals surface area (Å²) >= 11 is 9.81. The summed E-state index contributed by atoms with van der Waals surface area (Å²) in [5.74, 6) is 0.220. The van der Waals surface area contributed by atoms with Crippen LogP contribution >= 0.6 is 27.5 Å². The van der Waals surface area contributed by atoms with Crippen molar-refractivity contribution < 1.29 is 19.1 Å². The lowest BCUT2D eigenvalue weighted by Gasteiger charge is -2.38. The maximum Gasteiger partial charge on any atom is 0.410 e. The molecular formula is C26H34BrClN6O5. The van der Waals surface area contributed by atoms with Gasteiger partial charge in [0, 0.05) is 57.9 Å². The van der Waals surface area contributed by atoms with Gasteiger partial charge in [-0.05, 0) is 67.7 Å². The van der Waals surface area contributed by atoms with E-state index >= 15 is 0 Å². The first-order valence-electron chi connectivity index (χ1n) is 12.9. The standard InChI is InChI=1S/C26H34BrClN6O5/c1-26(2,3)39-25(38)34-9-7-16(8-10-34)22(35)32-11-13-33(14-12-32)23(36)18-6-5-17(15-19(18)28)29-21-20(27)31(4)24(37)30-21/h5-6,15-16,29H,7-14H2,1-4H3,(H,30,37). The Hall–Kier alpha value is -2.99. The maximum absolute atomic E-state index is 13.2. The number of hydrogen-bond donors (Lipinski definition) is 2. The van der Waals surface area contributed by atoms with Crippen molar-refractivity contribution >= 4 is 56.9 Å². The lowest BCUT2D eigenvalue weighted by Crippen LogP contribution is -2.53. The lowest BCUT2D eigenvalue weighted by atomic mass is 9.95. The number of ether oxygens (including phenoxy) is 1. The average molecular weight is 626 g/mol. The second kappa shape index (κ2) is 11.6. The molecule has 0 saturated carbocycles. The summed E-state index contributed by atoms with van der Waals surface area (Å²) in [6.45, 7) is 8.20. The van der Waals surface area contributed by atoms with Crippen molar-refractivity contribution in [2.24, 2.45) is 13.0 Å². The molecule has 0 unspecified atom stereocenters. The number of benzene rings is 1. The molecule has 1 aromatic carbocycles. The first-order chi connectivity index (χ1) is 18.3. The molecule has 2 N–H and O–H groups in total. The summed E-state index contributed by atoms with van der Waals surface area (Å²) in [6, 6.07) is 5.01. The molecule has 4 rings (SSSR count). The van der Waals surface area contributed by atoms with Crippen molar-refractivity contribution in [2.45, 2.75) is 39.2 Å². The molecule has 0 atom stereocenters. The van der Waals surface area contributed by atoms with E-state index in [1.165, 1.54) is 4.57 Å². The monoisotopic (exact) mass is 624 g/mol. The second-order valence-electron chi connectivity index (χ2n) is 10.8. The number of H-pyrrole nitrogens is 1. The third-order valence-electron chi connectivity index (χ3n) is 6.88. The number of hydrogen-bond acceptors (Lipinski definition) is 6. The highest BCUT2D eigenvalue weighted by Crippen LogP contribution is 2.28. The molecule has 2 saturated heterocycles. The van der Waals surface area contributed by atoms with E-state index in [1.807, 2.05) is 25.7 Å². The van der Waals surface area contributed by atoms with Crippen molar-refractivity contribution in [1.82, 2.24) is 24.3 Å². The molecule has 2 aliphatic rings. The molecule has 3 amide bonds. The molecular weight excluding hydrogens is 592 g/mol. The van der Waals surface area contributed by atoms with Gasteiger partial charge in [0.2, 0.25) is 5.91 Å². The van der Waals surface area contributed by atoms with Crippen LogP contribution in [0.5, 0.6) is 0 Å². The van der Waals surface area contributed by atoms with E-state index in [2.05, 4.69) is 26.2 Å². The van der Waals surface area contributed by atoms with Crippen LogP contribution in [0.2, 0.25) is 5.02 Å². The molecule has 11 nitrogen and oxygen atoms in total. The Balaban J connectivity index is 1.28. The van der Waals surface area contributed by atoms with Gasteiger partial charge < -0.3 is 24.8 Å². The molecule has 0 spiro atoms. The zero-order chi connectivity index (χ0) is 28.5. The molecule has 2 aromatic rings. The van der Waals surface area contributed by atoms with Gasteiger partial charge in [-0.1, -0.05) is 11.6 Å². The largest absolute Gasteiger partial charge is 0.444 e.